The second-order valence-electron chi connectivity index (χ2n) is 15.7. The minimum Gasteiger partial charge on any atom is -0.462 e. The molecule has 0 aliphatic carbocycles. The van der Waals surface area contributed by atoms with Crippen LogP contribution in [0.15, 0.2) is 36.5 Å². The Kier molecular flexibility index (Phi) is 33.1. The molecule has 1 saturated heterocycles. The lowest BCUT2D eigenvalue weighted by molar-refractivity contribution is -0.297. The third-order valence-electron chi connectivity index (χ3n) is 10.2. The Hall–Kier alpha value is -2.13. The summed E-state index contributed by atoms with van der Waals surface area (Å²) in [5, 5.41) is 30.9. The molecule has 4 N–H and O–H groups in total. The van der Waals surface area contributed by atoms with Gasteiger partial charge in [-0.25, -0.2) is 0 Å². The van der Waals surface area contributed by atoms with Gasteiger partial charge in [-0.15, -0.1) is 0 Å². The van der Waals surface area contributed by atoms with E-state index in [2.05, 4.69) is 50.3 Å². The molecule has 338 valence electrons. The van der Waals surface area contributed by atoms with Crippen molar-refractivity contribution in [1.29, 1.82) is 0 Å². The van der Waals surface area contributed by atoms with Crippen LogP contribution in [-0.2, 0) is 38.7 Å². The number of allylic oxidation sites excluding steroid dienone is 6. The average molecular weight is 845 g/mol. The van der Waals surface area contributed by atoms with Crippen LogP contribution in [-0.4, -0.2) is 96.0 Å². The molecule has 0 saturated carbocycles. The first-order valence-electron chi connectivity index (χ1n) is 22.5. The summed E-state index contributed by atoms with van der Waals surface area (Å²) in [6, 6.07) is 0. The van der Waals surface area contributed by atoms with Gasteiger partial charge in [0.25, 0.3) is 10.1 Å². The fraction of sp³-hybridized carbons (Fsp3) is 0.822. The molecule has 1 rings (SSSR count). The first-order chi connectivity index (χ1) is 28.0. The number of carbonyl (C=O) groups excluding carboxylic acids is 2. The van der Waals surface area contributed by atoms with Gasteiger partial charge in [0.05, 0.1) is 6.61 Å². The van der Waals surface area contributed by atoms with Crippen LogP contribution in [0.1, 0.15) is 181 Å². The highest BCUT2D eigenvalue weighted by molar-refractivity contribution is 7.85. The number of carbonyl (C=O) groups is 2. The normalized spacial score (nSPS) is 20.7. The minimum atomic E-state index is -4.60. The fourth-order valence-electron chi connectivity index (χ4n) is 6.75. The van der Waals surface area contributed by atoms with E-state index in [1.54, 1.807) is 0 Å². The smallest absolute Gasteiger partial charge is 0.306 e. The topological polar surface area (TPSA) is 186 Å². The summed E-state index contributed by atoms with van der Waals surface area (Å²) in [4.78, 5) is 25.4. The van der Waals surface area contributed by atoms with E-state index in [-0.39, 0.29) is 19.4 Å². The molecular formula is C45H80O12S. The number of rotatable bonds is 37. The van der Waals surface area contributed by atoms with E-state index in [4.69, 9.17) is 18.9 Å². The van der Waals surface area contributed by atoms with Gasteiger partial charge in [-0.1, -0.05) is 159 Å². The van der Waals surface area contributed by atoms with Crippen molar-refractivity contribution in [2.24, 2.45) is 0 Å². The second kappa shape index (κ2) is 35.6. The van der Waals surface area contributed by atoms with Crippen molar-refractivity contribution in [3.63, 3.8) is 0 Å². The van der Waals surface area contributed by atoms with Gasteiger partial charge in [-0.3, -0.25) is 14.1 Å². The van der Waals surface area contributed by atoms with Gasteiger partial charge in [-0.2, -0.15) is 8.42 Å². The summed E-state index contributed by atoms with van der Waals surface area (Å²) in [6.07, 6.45) is 30.4. The van der Waals surface area contributed by atoms with Crippen molar-refractivity contribution in [3.8, 4) is 0 Å². The summed E-state index contributed by atoms with van der Waals surface area (Å²) in [5.41, 5.74) is 0. The molecule has 58 heavy (non-hydrogen) atoms. The van der Waals surface area contributed by atoms with Crippen LogP contribution < -0.4 is 0 Å². The molecule has 1 aliphatic heterocycles. The fourth-order valence-corrected chi connectivity index (χ4v) is 7.44. The second-order valence-corrected chi connectivity index (χ2v) is 17.2. The van der Waals surface area contributed by atoms with E-state index < -0.39 is 71.2 Å². The Balaban J connectivity index is 2.46. The molecule has 6 unspecified atom stereocenters. The molecule has 13 heteroatoms. The number of esters is 2. The Bertz CT molecular complexity index is 1220. The van der Waals surface area contributed by atoms with Crippen LogP contribution in [0.3, 0.4) is 0 Å². The molecule has 1 aliphatic rings. The molecule has 0 aromatic rings. The summed E-state index contributed by atoms with van der Waals surface area (Å²) < 4.78 is 54.0. The Morgan fingerprint density at radius 1 is 0.603 bits per heavy atom. The summed E-state index contributed by atoms with van der Waals surface area (Å²) in [7, 11) is -4.60. The largest absolute Gasteiger partial charge is 0.462 e. The third kappa shape index (κ3) is 30.0. The number of aliphatic hydroxyl groups is 3. The lowest BCUT2D eigenvalue weighted by Crippen LogP contribution is -2.60. The van der Waals surface area contributed by atoms with E-state index in [1.165, 1.54) is 70.6 Å². The lowest BCUT2D eigenvalue weighted by Gasteiger charge is -2.40. The Labute approximate surface area is 351 Å². The maximum atomic E-state index is 12.8. The molecule has 0 aromatic carbocycles. The highest BCUT2D eigenvalue weighted by atomic mass is 32.2. The van der Waals surface area contributed by atoms with Crippen molar-refractivity contribution in [2.45, 2.75) is 218 Å². The van der Waals surface area contributed by atoms with Crippen molar-refractivity contribution < 1.29 is 56.8 Å². The highest BCUT2D eigenvalue weighted by Gasteiger charge is 2.46. The maximum absolute atomic E-state index is 12.8. The number of aliphatic hydroxyl groups excluding tert-OH is 3. The molecule has 0 aromatic heterocycles. The zero-order valence-corrected chi connectivity index (χ0v) is 36.7. The first kappa shape index (κ1) is 53.9. The molecule has 6 atom stereocenters. The van der Waals surface area contributed by atoms with Gasteiger partial charge in [0.15, 0.2) is 12.4 Å². The van der Waals surface area contributed by atoms with Crippen LogP contribution in [0, 0.1) is 0 Å². The SMILES string of the molecule is CC/C=C\C/C=C\C/C=C\CCCCCCCC(=O)OC(COC(=O)CCCCCCCCCCCCCCCCC)COC1OC(CS(=O)(=O)O)C(O)C(O)C1O. The average Bonchev–Trinajstić information content (AvgIpc) is 3.18. The van der Waals surface area contributed by atoms with E-state index in [0.717, 1.165) is 70.6 Å². The zero-order chi connectivity index (χ0) is 42.7. The summed E-state index contributed by atoms with van der Waals surface area (Å²) in [5.74, 6) is -2.00. The molecule has 0 bridgehead atoms. The highest BCUT2D eigenvalue weighted by Crippen LogP contribution is 2.24. The first-order valence-corrected chi connectivity index (χ1v) is 24.2. The van der Waals surface area contributed by atoms with Gasteiger partial charge in [0.2, 0.25) is 0 Å². The van der Waals surface area contributed by atoms with Crippen LogP contribution in [0.25, 0.3) is 0 Å². The van der Waals surface area contributed by atoms with Gasteiger partial charge in [0, 0.05) is 12.8 Å². The van der Waals surface area contributed by atoms with Crippen LogP contribution >= 0.6 is 0 Å². The summed E-state index contributed by atoms with van der Waals surface area (Å²) >= 11 is 0. The van der Waals surface area contributed by atoms with E-state index in [1.807, 2.05) is 0 Å². The standard InChI is InChI=1S/C45H80O12S/c1-3-5-7-9-11-13-15-17-19-21-23-25-27-29-31-33-40(46)54-35-38(36-55-45-44(50)43(49)42(48)39(57-45)37-58(51,52)53)56-41(47)34-32-30-28-26-24-22-20-18-16-14-12-10-8-6-4-2/h6,8,12,14,18,20,38-39,42-45,48-50H,3-5,7,9-11,13,15-17,19,21-37H2,1-2H3,(H,51,52,53)/b8-6-,14-12-,20-18-. The van der Waals surface area contributed by atoms with Gasteiger partial charge < -0.3 is 34.3 Å². The van der Waals surface area contributed by atoms with Crippen LogP contribution in [0.2, 0.25) is 0 Å². The van der Waals surface area contributed by atoms with Gasteiger partial charge in [-0.05, 0) is 44.9 Å². The molecule has 12 nitrogen and oxygen atoms in total. The predicted molar refractivity (Wildman–Crippen MR) is 229 cm³/mol. The molecule has 1 fully saturated rings. The molecular weight excluding hydrogens is 765 g/mol. The minimum absolute atomic E-state index is 0.146. The lowest BCUT2D eigenvalue weighted by atomic mass is 10.00. The number of hydrogen-bond acceptors (Lipinski definition) is 11. The number of ether oxygens (including phenoxy) is 4. The van der Waals surface area contributed by atoms with Gasteiger partial charge >= 0.3 is 11.9 Å². The van der Waals surface area contributed by atoms with Crippen molar-refractivity contribution in [1.82, 2.24) is 0 Å². The van der Waals surface area contributed by atoms with Crippen LogP contribution in [0.5, 0.6) is 0 Å². The zero-order valence-electron chi connectivity index (χ0n) is 35.9. The maximum Gasteiger partial charge on any atom is 0.306 e. The van der Waals surface area contributed by atoms with Crippen molar-refractivity contribution >= 4 is 22.1 Å². The quantitative estimate of drug-likeness (QED) is 0.0202. The van der Waals surface area contributed by atoms with E-state index >= 15 is 0 Å². The number of hydrogen-bond donors (Lipinski definition) is 4. The Morgan fingerprint density at radius 2 is 1.09 bits per heavy atom. The molecule has 0 amide bonds. The third-order valence-corrected chi connectivity index (χ3v) is 11.0. The predicted octanol–water partition coefficient (Wildman–Crippen LogP) is 9.00. The Morgan fingerprint density at radius 3 is 1.62 bits per heavy atom. The van der Waals surface area contributed by atoms with Crippen molar-refractivity contribution in [2.75, 3.05) is 19.0 Å². The molecule has 0 spiro atoms. The van der Waals surface area contributed by atoms with Crippen molar-refractivity contribution in [3.05, 3.63) is 36.5 Å². The molecule has 1 heterocycles. The monoisotopic (exact) mass is 845 g/mol. The molecule has 0 radical (unpaired) electrons. The number of unbranched alkanes of at least 4 members (excludes halogenated alkanes) is 19. The van der Waals surface area contributed by atoms with Gasteiger partial charge in [0.1, 0.15) is 36.8 Å². The summed E-state index contributed by atoms with van der Waals surface area (Å²) in [6.45, 7) is 3.64. The van der Waals surface area contributed by atoms with E-state index in [9.17, 15) is 37.9 Å². The van der Waals surface area contributed by atoms with E-state index in [0.29, 0.717) is 12.8 Å². The van der Waals surface area contributed by atoms with Crippen LogP contribution in [0.4, 0.5) is 0 Å².